The molecule has 1 N–H and O–H groups in total. The van der Waals surface area contributed by atoms with E-state index in [2.05, 4.69) is 29.4 Å². The van der Waals surface area contributed by atoms with Crippen LogP contribution in [0.5, 0.6) is 0 Å². The van der Waals surface area contributed by atoms with E-state index in [-0.39, 0.29) is 6.29 Å². The molecule has 4 aromatic rings. The van der Waals surface area contributed by atoms with Gasteiger partial charge in [0.05, 0.1) is 18.7 Å². The van der Waals surface area contributed by atoms with Crippen molar-refractivity contribution in [2.24, 2.45) is 0 Å². The van der Waals surface area contributed by atoms with Crippen LogP contribution in [-0.4, -0.2) is 39.6 Å². The first-order chi connectivity index (χ1) is 19.1. The van der Waals surface area contributed by atoms with Gasteiger partial charge in [0.25, 0.3) is 0 Å². The van der Waals surface area contributed by atoms with E-state index in [1.807, 2.05) is 60.1 Å². The molecule has 2 heterocycles. The molecule has 1 aromatic heterocycles. The van der Waals surface area contributed by atoms with Crippen LogP contribution in [0.1, 0.15) is 71.6 Å². The summed E-state index contributed by atoms with van der Waals surface area (Å²) in [6.45, 7) is 7.45. The van der Waals surface area contributed by atoms with Gasteiger partial charge in [-0.05, 0) is 85.4 Å². The maximum atomic E-state index is 11.3. The number of hydrogen-bond acceptors (Lipinski definition) is 6. The molecule has 2 unspecified atom stereocenters. The van der Waals surface area contributed by atoms with Crippen LogP contribution in [0.15, 0.2) is 60.7 Å². The smallest absolute Gasteiger partial charge is 0.158 e. The third kappa shape index (κ3) is 6.92. The normalized spacial score (nSPS) is 16.5. The molecular weight excluding hydrogens is 490 g/mol. The van der Waals surface area contributed by atoms with E-state index < -0.39 is 6.10 Å². The lowest BCUT2D eigenvalue weighted by molar-refractivity contribution is -0.169. The monoisotopic (exact) mass is 529 g/mol. The summed E-state index contributed by atoms with van der Waals surface area (Å²) in [7, 11) is 0. The average molecular weight is 530 g/mol. The Morgan fingerprint density at radius 1 is 1.03 bits per heavy atom. The fourth-order valence-corrected chi connectivity index (χ4v) is 5.10. The summed E-state index contributed by atoms with van der Waals surface area (Å²) in [5, 5.41) is 20.2. The molecule has 1 aliphatic rings. The molecule has 1 aliphatic heterocycles. The summed E-state index contributed by atoms with van der Waals surface area (Å²) in [5.74, 6) is 0. The molecule has 5 rings (SSSR count). The molecule has 1 saturated heterocycles. The van der Waals surface area contributed by atoms with E-state index in [1.54, 1.807) is 0 Å². The maximum absolute atomic E-state index is 11.3. The van der Waals surface area contributed by atoms with Crippen LogP contribution in [0.3, 0.4) is 0 Å². The number of ether oxygens (including phenoxy) is 3. The van der Waals surface area contributed by atoms with E-state index >= 15 is 0 Å². The van der Waals surface area contributed by atoms with Crippen LogP contribution in [0.25, 0.3) is 11.0 Å². The second kappa shape index (κ2) is 13.3. The van der Waals surface area contributed by atoms with Gasteiger partial charge in [-0.2, -0.15) is 0 Å². The number of fused-ring (bicyclic) bond motifs is 1. The van der Waals surface area contributed by atoms with Gasteiger partial charge in [-0.3, -0.25) is 0 Å². The van der Waals surface area contributed by atoms with Crippen molar-refractivity contribution in [3.63, 3.8) is 0 Å². The molecule has 0 amide bonds. The van der Waals surface area contributed by atoms with Crippen molar-refractivity contribution < 1.29 is 19.3 Å². The van der Waals surface area contributed by atoms with E-state index in [0.29, 0.717) is 19.8 Å². The van der Waals surface area contributed by atoms with Crippen molar-refractivity contribution in [3.8, 4) is 0 Å². The number of aliphatic hydroxyl groups is 1. The van der Waals surface area contributed by atoms with Crippen LogP contribution in [0.4, 0.5) is 0 Å². The third-order valence-electron chi connectivity index (χ3n) is 7.55. The van der Waals surface area contributed by atoms with E-state index in [4.69, 9.17) is 14.2 Å². The van der Waals surface area contributed by atoms with Gasteiger partial charge in [-0.25, -0.2) is 4.68 Å². The van der Waals surface area contributed by atoms with Crippen molar-refractivity contribution in [1.29, 1.82) is 0 Å². The molecule has 7 nitrogen and oxygen atoms in total. The number of rotatable bonds is 12. The van der Waals surface area contributed by atoms with Crippen LogP contribution in [0.2, 0.25) is 0 Å². The Kier molecular flexibility index (Phi) is 9.37. The molecule has 0 radical (unpaired) electrons. The highest BCUT2D eigenvalue weighted by molar-refractivity contribution is 5.79. The number of nitrogens with zero attached hydrogens (tertiary/aromatic N) is 3. The Bertz CT molecular complexity index is 1350. The number of aliphatic hydroxyl groups excluding tert-OH is 1. The first-order valence-corrected chi connectivity index (χ1v) is 14.0. The number of benzene rings is 3. The summed E-state index contributed by atoms with van der Waals surface area (Å²) in [6, 6.07) is 20.3. The highest BCUT2D eigenvalue weighted by atomic mass is 16.7. The van der Waals surface area contributed by atoms with Crippen molar-refractivity contribution in [3.05, 3.63) is 94.0 Å². The quantitative estimate of drug-likeness (QED) is 0.221. The van der Waals surface area contributed by atoms with Gasteiger partial charge in [-0.15, -0.1) is 5.10 Å². The molecular formula is C32H39N3O4. The second-order valence-electron chi connectivity index (χ2n) is 10.4. The number of aryl methyl sites for hydroxylation is 3. The van der Waals surface area contributed by atoms with Crippen molar-refractivity contribution in [2.75, 3.05) is 13.2 Å². The number of hydrogen-bond donors (Lipinski definition) is 1. The zero-order chi connectivity index (χ0) is 27.0. The zero-order valence-electron chi connectivity index (χ0n) is 23.0. The summed E-state index contributed by atoms with van der Waals surface area (Å²) in [6.07, 6.45) is 4.18. The van der Waals surface area contributed by atoms with Gasteiger partial charge in [-0.1, -0.05) is 59.8 Å². The van der Waals surface area contributed by atoms with Crippen LogP contribution >= 0.6 is 0 Å². The Labute approximate surface area is 230 Å². The fraction of sp³-hybridized carbons (Fsp3) is 0.438. The Morgan fingerprint density at radius 2 is 1.90 bits per heavy atom. The topological polar surface area (TPSA) is 78.6 Å². The average Bonchev–Trinajstić information content (AvgIpc) is 3.39. The van der Waals surface area contributed by atoms with Gasteiger partial charge < -0.3 is 19.3 Å². The summed E-state index contributed by atoms with van der Waals surface area (Å²) < 4.78 is 19.5. The number of unbranched alkanes of at least 4 members (excludes halogenated alkanes) is 1. The van der Waals surface area contributed by atoms with E-state index in [1.165, 1.54) is 5.56 Å². The second-order valence-corrected chi connectivity index (χ2v) is 10.4. The molecule has 0 bridgehead atoms. The predicted molar refractivity (Wildman–Crippen MR) is 151 cm³/mol. The Hall–Kier alpha value is -3.10. The first kappa shape index (κ1) is 27.5. The highest BCUT2D eigenvalue weighted by Gasteiger charge is 2.19. The van der Waals surface area contributed by atoms with E-state index in [0.717, 1.165) is 84.1 Å². The SMILES string of the molecule is Cc1ccc(C(O)c2ccc3c(nnn3CCCCOCc3ccccc3)c2C)cc1COC1CCCCO1. The molecule has 2 atom stereocenters. The molecule has 0 saturated carbocycles. The molecule has 39 heavy (non-hydrogen) atoms. The predicted octanol–water partition coefficient (Wildman–Crippen LogP) is 6.17. The van der Waals surface area contributed by atoms with Gasteiger partial charge >= 0.3 is 0 Å². The minimum absolute atomic E-state index is 0.138. The largest absolute Gasteiger partial charge is 0.384 e. The summed E-state index contributed by atoms with van der Waals surface area (Å²) in [4.78, 5) is 0. The van der Waals surface area contributed by atoms with Gasteiger partial charge in [0.2, 0.25) is 0 Å². The lowest BCUT2D eigenvalue weighted by atomic mass is 9.94. The summed E-state index contributed by atoms with van der Waals surface area (Å²) >= 11 is 0. The zero-order valence-corrected chi connectivity index (χ0v) is 23.0. The Morgan fingerprint density at radius 3 is 2.72 bits per heavy atom. The van der Waals surface area contributed by atoms with Crippen molar-refractivity contribution in [2.45, 2.75) is 78.1 Å². The molecule has 1 fully saturated rings. The molecule has 3 aromatic carbocycles. The molecule has 0 aliphatic carbocycles. The molecule has 206 valence electrons. The lowest BCUT2D eigenvalue weighted by Crippen LogP contribution is -2.22. The van der Waals surface area contributed by atoms with Gasteiger partial charge in [0.15, 0.2) is 6.29 Å². The standard InChI is InChI=1S/C32H39N3O4/c1-23-13-14-26(20-27(23)22-39-30-12-6-8-19-38-30)32(36)28-15-16-29-31(24(28)2)33-34-35(29)17-7-9-18-37-21-25-10-4-3-5-11-25/h3-5,10-11,13-16,20,30,32,36H,6-9,12,17-19,21-22H2,1-2H3. The minimum Gasteiger partial charge on any atom is -0.384 e. The fourth-order valence-electron chi connectivity index (χ4n) is 5.10. The lowest BCUT2D eigenvalue weighted by Gasteiger charge is -2.23. The van der Waals surface area contributed by atoms with Crippen LogP contribution < -0.4 is 0 Å². The third-order valence-corrected chi connectivity index (χ3v) is 7.55. The van der Waals surface area contributed by atoms with Crippen molar-refractivity contribution in [1.82, 2.24) is 15.0 Å². The Balaban J connectivity index is 1.19. The van der Waals surface area contributed by atoms with Crippen LogP contribution in [-0.2, 0) is 34.0 Å². The maximum Gasteiger partial charge on any atom is 0.158 e. The van der Waals surface area contributed by atoms with E-state index in [9.17, 15) is 5.11 Å². The number of aromatic nitrogens is 3. The van der Waals surface area contributed by atoms with Crippen LogP contribution in [0, 0.1) is 13.8 Å². The first-order valence-electron chi connectivity index (χ1n) is 14.0. The van der Waals surface area contributed by atoms with Gasteiger partial charge in [0.1, 0.15) is 11.6 Å². The van der Waals surface area contributed by atoms with Crippen molar-refractivity contribution >= 4 is 11.0 Å². The molecule has 7 heteroatoms. The van der Waals surface area contributed by atoms with Gasteiger partial charge in [0, 0.05) is 19.8 Å². The minimum atomic E-state index is -0.758. The molecule has 0 spiro atoms. The highest BCUT2D eigenvalue weighted by Crippen LogP contribution is 2.30. The summed E-state index contributed by atoms with van der Waals surface area (Å²) in [5.41, 5.74) is 7.85.